The van der Waals surface area contributed by atoms with E-state index in [9.17, 15) is 5.11 Å². The minimum atomic E-state index is -0.804. The van der Waals surface area contributed by atoms with Crippen LogP contribution in [0.25, 0.3) is 22.0 Å². The Kier molecular flexibility index (Phi) is 4.90. The van der Waals surface area contributed by atoms with Gasteiger partial charge in [-0.3, -0.25) is 0 Å². The van der Waals surface area contributed by atoms with E-state index in [0.717, 1.165) is 16.5 Å². The monoisotopic (exact) mass is 354 g/mol. The maximum atomic E-state index is 9.79. The molecule has 0 amide bonds. The minimum absolute atomic E-state index is 0.413. The molecule has 2 heterocycles. The Morgan fingerprint density at radius 2 is 1.81 bits per heavy atom. The highest BCUT2D eigenvalue weighted by Gasteiger charge is 2.14. The van der Waals surface area contributed by atoms with Crippen LogP contribution in [0.4, 0.5) is 5.82 Å². The molecule has 3 rings (SSSR count). The number of rotatable bonds is 6. The topological polar surface area (TPSA) is 89.4 Å². The number of aliphatic hydroxyl groups is 1. The third-order valence-electron chi connectivity index (χ3n) is 3.92. The van der Waals surface area contributed by atoms with Crippen molar-refractivity contribution < 1.29 is 14.6 Å². The van der Waals surface area contributed by atoms with Crippen molar-refractivity contribution in [3.63, 3.8) is 0 Å². The molecule has 0 aliphatic rings. The Morgan fingerprint density at radius 3 is 2.42 bits per heavy atom. The number of nitrogens with zero attached hydrogens (tertiary/aromatic N) is 3. The summed E-state index contributed by atoms with van der Waals surface area (Å²) in [5.41, 5.74) is 1.72. The number of hydrogen-bond acceptors (Lipinski definition) is 7. The van der Waals surface area contributed by atoms with Crippen molar-refractivity contribution in [2.75, 3.05) is 26.1 Å². The van der Waals surface area contributed by atoms with Gasteiger partial charge in [-0.2, -0.15) is 10.2 Å². The molecule has 0 saturated heterocycles. The maximum Gasteiger partial charge on any atom is 0.162 e. The second-order valence-corrected chi connectivity index (χ2v) is 6.58. The molecule has 7 heteroatoms. The van der Waals surface area contributed by atoms with Gasteiger partial charge < -0.3 is 19.9 Å². The molecule has 1 aromatic carbocycles. The molecular weight excluding hydrogens is 332 g/mol. The summed E-state index contributed by atoms with van der Waals surface area (Å²) in [4.78, 5) is 4.41. The molecule has 2 N–H and O–H groups in total. The maximum absolute atomic E-state index is 9.79. The van der Waals surface area contributed by atoms with E-state index in [1.54, 1.807) is 46.5 Å². The molecule has 26 heavy (non-hydrogen) atoms. The number of anilines is 1. The van der Waals surface area contributed by atoms with Gasteiger partial charge in [0.05, 0.1) is 31.5 Å². The largest absolute Gasteiger partial charge is 0.493 e. The standard InChI is InChI=1S/C19H22N4O3/c1-19(2,24)11-21-18-6-5-12(9-20-18)14-10-22-23-15-8-17(26-4)16(25-3)7-13(14)15/h5-10,24H,11H2,1-4H3,(H,20,21). The van der Waals surface area contributed by atoms with Gasteiger partial charge in [-0.05, 0) is 32.0 Å². The van der Waals surface area contributed by atoms with Gasteiger partial charge in [-0.1, -0.05) is 0 Å². The van der Waals surface area contributed by atoms with Crippen LogP contribution in [-0.4, -0.2) is 46.7 Å². The summed E-state index contributed by atoms with van der Waals surface area (Å²) >= 11 is 0. The fourth-order valence-electron chi connectivity index (χ4n) is 2.58. The van der Waals surface area contributed by atoms with E-state index < -0.39 is 5.60 Å². The summed E-state index contributed by atoms with van der Waals surface area (Å²) in [6.45, 7) is 3.89. The predicted molar refractivity (Wildman–Crippen MR) is 101 cm³/mol. The molecule has 0 fully saturated rings. The molecule has 3 aromatic rings. The van der Waals surface area contributed by atoms with E-state index in [1.165, 1.54) is 0 Å². The Hall–Kier alpha value is -2.93. The summed E-state index contributed by atoms with van der Waals surface area (Å²) in [6.07, 6.45) is 3.47. The van der Waals surface area contributed by atoms with E-state index in [4.69, 9.17) is 9.47 Å². The summed E-state index contributed by atoms with van der Waals surface area (Å²) in [5, 5.41) is 22.1. The highest BCUT2D eigenvalue weighted by Crippen LogP contribution is 2.35. The van der Waals surface area contributed by atoms with Crippen LogP contribution in [0.15, 0.2) is 36.7 Å². The van der Waals surface area contributed by atoms with E-state index in [0.29, 0.717) is 29.4 Å². The van der Waals surface area contributed by atoms with Gasteiger partial charge in [0.25, 0.3) is 0 Å². The highest BCUT2D eigenvalue weighted by atomic mass is 16.5. The van der Waals surface area contributed by atoms with E-state index in [1.807, 2.05) is 18.2 Å². The second kappa shape index (κ2) is 7.13. The van der Waals surface area contributed by atoms with Crippen LogP contribution >= 0.6 is 0 Å². The van der Waals surface area contributed by atoms with Crippen molar-refractivity contribution in [3.05, 3.63) is 36.7 Å². The van der Waals surface area contributed by atoms with Crippen LogP contribution in [0, 0.1) is 0 Å². The lowest BCUT2D eigenvalue weighted by atomic mass is 10.0. The van der Waals surface area contributed by atoms with Gasteiger partial charge >= 0.3 is 0 Å². The Bertz CT molecular complexity index is 905. The average Bonchev–Trinajstić information content (AvgIpc) is 2.64. The van der Waals surface area contributed by atoms with Gasteiger partial charge in [0.15, 0.2) is 11.5 Å². The van der Waals surface area contributed by atoms with Gasteiger partial charge in [0.2, 0.25) is 0 Å². The Balaban J connectivity index is 1.97. The number of pyridine rings is 1. The first kappa shape index (κ1) is 17.9. The molecule has 0 atom stereocenters. The molecule has 0 radical (unpaired) electrons. The number of hydrogen-bond donors (Lipinski definition) is 2. The number of ether oxygens (including phenoxy) is 2. The van der Waals surface area contributed by atoms with Crippen molar-refractivity contribution in [1.82, 2.24) is 15.2 Å². The molecule has 0 bridgehead atoms. The smallest absolute Gasteiger partial charge is 0.162 e. The number of fused-ring (bicyclic) bond motifs is 1. The number of aromatic nitrogens is 3. The first-order valence-electron chi connectivity index (χ1n) is 8.21. The van der Waals surface area contributed by atoms with Crippen LogP contribution in [0.3, 0.4) is 0 Å². The third-order valence-corrected chi connectivity index (χ3v) is 3.92. The predicted octanol–water partition coefficient (Wildman–Crippen LogP) is 2.89. The zero-order valence-corrected chi connectivity index (χ0v) is 15.3. The molecule has 2 aromatic heterocycles. The summed E-state index contributed by atoms with van der Waals surface area (Å²) in [7, 11) is 3.19. The number of nitrogens with one attached hydrogen (secondary N) is 1. The zero-order chi connectivity index (χ0) is 18.7. The summed E-state index contributed by atoms with van der Waals surface area (Å²) in [5.74, 6) is 1.93. The van der Waals surface area contributed by atoms with Crippen LogP contribution in [0.1, 0.15) is 13.8 Å². The normalized spacial score (nSPS) is 11.4. The van der Waals surface area contributed by atoms with Crippen molar-refractivity contribution in [2.24, 2.45) is 0 Å². The molecule has 7 nitrogen and oxygen atoms in total. The van der Waals surface area contributed by atoms with Crippen molar-refractivity contribution in [3.8, 4) is 22.6 Å². The van der Waals surface area contributed by atoms with E-state index in [-0.39, 0.29) is 0 Å². The van der Waals surface area contributed by atoms with Crippen molar-refractivity contribution in [1.29, 1.82) is 0 Å². The summed E-state index contributed by atoms with van der Waals surface area (Å²) in [6, 6.07) is 7.51. The quantitative estimate of drug-likeness (QED) is 0.703. The molecule has 0 unspecified atom stereocenters. The lowest BCUT2D eigenvalue weighted by molar-refractivity contribution is 0.0944. The second-order valence-electron chi connectivity index (χ2n) is 6.58. The molecule has 0 spiro atoms. The Labute approximate surface area is 152 Å². The van der Waals surface area contributed by atoms with E-state index >= 15 is 0 Å². The SMILES string of the molecule is COc1cc2nncc(-c3ccc(NCC(C)(C)O)nc3)c2cc1OC. The highest BCUT2D eigenvalue weighted by molar-refractivity contribution is 5.95. The van der Waals surface area contributed by atoms with Crippen LogP contribution < -0.4 is 14.8 Å². The lowest BCUT2D eigenvalue weighted by Crippen LogP contribution is -2.29. The molecule has 0 aliphatic carbocycles. The fraction of sp³-hybridized carbons (Fsp3) is 0.316. The number of benzene rings is 1. The van der Waals surface area contributed by atoms with Gasteiger partial charge in [0.1, 0.15) is 5.82 Å². The average molecular weight is 354 g/mol. The van der Waals surface area contributed by atoms with Gasteiger partial charge in [0, 0.05) is 35.3 Å². The third kappa shape index (κ3) is 3.83. The van der Waals surface area contributed by atoms with Crippen molar-refractivity contribution >= 4 is 16.7 Å². The van der Waals surface area contributed by atoms with Crippen LogP contribution in [-0.2, 0) is 0 Å². The Morgan fingerprint density at radius 1 is 1.08 bits per heavy atom. The van der Waals surface area contributed by atoms with Gasteiger partial charge in [-0.15, -0.1) is 0 Å². The minimum Gasteiger partial charge on any atom is -0.493 e. The number of methoxy groups -OCH3 is 2. The van der Waals surface area contributed by atoms with Gasteiger partial charge in [-0.25, -0.2) is 4.98 Å². The van der Waals surface area contributed by atoms with Crippen molar-refractivity contribution in [2.45, 2.75) is 19.4 Å². The van der Waals surface area contributed by atoms with Crippen LogP contribution in [0.2, 0.25) is 0 Å². The zero-order valence-electron chi connectivity index (χ0n) is 15.3. The molecule has 0 saturated carbocycles. The molecule has 136 valence electrons. The van der Waals surface area contributed by atoms with E-state index in [2.05, 4.69) is 20.5 Å². The fourth-order valence-corrected chi connectivity index (χ4v) is 2.58. The first-order valence-corrected chi connectivity index (χ1v) is 8.21. The summed E-state index contributed by atoms with van der Waals surface area (Å²) < 4.78 is 10.7. The molecular formula is C19H22N4O3. The van der Waals surface area contributed by atoms with Crippen LogP contribution in [0.5, 0.6) is 11.5 Å². The first-order chi connectivity index (χ1) is 12.4. The lowest BCUT2D eigenvalue weighted by Gasteiger charge is -2.18. The molecule has 0 aliphatic heterocycles.